The van der Waals surface area contributed by atoms with Crippen LogP contribution in [0.25, 0.3) is 0 Å². The van der Waals surface area contributed by atoms with Gasteiger partial charge in [0.2, 0.25) is 0 Å². The predicted molar refractivity (Wildman–Crippen MR) is 246 cm³/mol. The fourth-order valence-electron chi connectivity index (χ4n) is 9.47. The molecule has 0 aromatic carbocycles. The second-order valence-corrected chi connectivity index (χ2v) is 21.2. The summed E-state index contributed by atoms with van der Waals surface area (Å²) >= 11 is 0. The van der Waals surface area contributed by atoms with Crippen molar-refractivity contribution in [3.05, 3.63) is 50.6 Å². The monoisotopic (exact) mass is 1500 g/mol. The highest BCUT2D eigenvalue weighted by Crippen LogP contribution is 2.63. The molecule has 5 aliphatic rings. The number of alkyl halides is 32. The Kier molecular flexibility index (Phi) is 25.2. The first kappa shape index (κ1) is 87.4. The van der Waals surface area contributed by atoms with Crippen molar-refractivity contribution >= 4 is 23.9 Å². The van der Waals surface area contributed by atoms with Gasteiger partial charge in [0, 0.05) is 50.0 Å². The molecule has 0 radical (unpaired) electrons. The van der Waals surface area contributed by atoms with Gasteiger partial charge in [-0.15, -0.1) is 0 Å². The number of ether oxygens (including phenoxy) is 8. The van der Waals surface area contributed by atoms with E-state index in [0.717, 1.165) is 6.92 Å². The first-order chi connectivity index (χ1) is 42.9. The standard InChI is InChI=1S/C16H18F8O4.C12H12F8O4.C11H10F8O4.C10H8F8O4/c1-2-11(25)27-10-8-12(15(19,20)21,9-6-4-3-5-7-9)28-14(26,13(10,17)18)16(22,23)24;1-3-7(21)23-6-5-8(4-2,11(15,16)17)24-10(22,9(6,13)14)12(18,19)20;1-3-6(20)22-5-4-7(2,10(14,15)16)23-9(21,8(5,12)13)11(17,18)19;1-2-6(19)21-4-3-5(8(13,14)15)22-9(20,7(4,11)12)10(16,17)18/h2,9-10,26H,1,3-8H2;3,6,22H,1,4-5H2,2H3;3,5,21H,1,4H2,2H3;2,4-5,20H,1,3H2. The lowest BCUT2D eigenvalue weighted by molar-refractivity contribution is -0.511. The summed E-state index contributed by atoms with van der Waals surface area (Å²) in [6, 6.07) is 0. The predicted octanol–water partition coefficient (Wildman–Crippen LogP) is 12.4. The van der Waals surface area contributed by atoms with Gasteiger partial charge in [-0.25, -0.2) is 19.2 Å². The first-order valence-corrected chi connectivity index (χ1v) is 25.9. The molecule has 97 heavy (non-hydrogen) atoms. The molecule has 0 amide bonds. The van der Waals surface area contributed by atoms with Crippen LogP contribution < -0.4 is 0 Å². The molecule has 4 saturated heterocycles. The number of halogens is 32. The van der Waals surface area contributed by atoms with E-state index in [4.69, 9.17) is 5.11 Å². The Hall–Kier alpha value is -5.72. The van der Waals surface area contributed by atoms with E-state index in [1.807, 2.05) is 0 Å². The molecule has 564 valence electrons. The van der Waals surface area contributed by atoms with Gasteiger partial charge >= 0.3 is 120 Å². The number of hydrogen-bond acceptors (Lipinski definition) is 16. The second kappa shape index (κ2) is 28.0. The molecule has 12 atom stereocenters. The van der Waals surface area contributed by atoms with Gasteiger partial charge in [-0.1, -0.05) is 52.5 Å². The number of esters is 4. The summed E-state index contributed by atoms with van der Waals surface area (Å²) in [5.41, 5.74) is -11.4. The van der Waals surface area contributed by atoms with Crippen LogP contribution in [0.2, 0.25) is 0 Å². The lowest BCUT2D eigenvalue weighted by Gasteiger charge is -2.55. The topological polar surface area (TPSA) is 223 Å². The van der Waals surface area contributed by atoms with Crippen molar-refractivity contribution in [1.82, 2.24) is 0 Å². The molecule has 0 spiro atoms. The Bertz CT molecular complexity index is 2820. The minimum atomic E-state index is -6.30. The van der Waals surface area contributed by atoms with Crippen LogP contribution in [0.5, 0.6) is 0 Å². The molecule has 1 aliphatic carbocycles. The van der Waals surface area contributed by atoms with E-state index in [1.54, 1.807) is 0 Å². The van der Waals surface area contributed by atoms with Crippen molar-refractivity contribution < 1.29 is 218 Å². The number of rotatable bonds is 10. The van der Waals surface area contributed by atoms with Crippen molar-refractivity contribution in [2.75, 3.05) is 0 Å². The zero-order chi connectivity index (χ0) is 76.8. The van der Waals surface area contributed by atoms with Gasteiger partial charge in [0.25, 0.3) is 0 Å². The fraction of sp³-hybridized carbons (Fsp3) is 0.755. The first-order valence-electron chi connectivity index (χ1n) is 25.9. The lowest BCUT2D eigenvalue weighted by atomic mass is 9.70. The normalized spacial score (nSPS) is 34.0. The van der Waals surface area contributed by atoms with Crippen molar-refractivity contribution in [3.63, 3.8) is 0 Å². The van der Waals surface area contributed by atoms with Crippen molar-refractivity contribution in [1.29, 1.82) is 0 Å². The highest BCUT2D eigenvalue weighted by molar-refractivity contribution is 5.82. The van der Waals surface area contributed by atoms with Crippen LogP contribution in [0.15, 0.2) is 50.6 Å². The minimum absolute atomic E-state index is 0.0215. The Labute approximate surface area is 520 Å². The quantitative estimate of drug-likeness (QED) is 0.0691. The van der Waals surface area contributed by atoms with E-state index in [9.17, 15) is 175 Å². The smallest absolute Gasteiger partial charge is 0.449 e. The van der Waals surface area contributed by atoms with E-state index in [1.165, 1.54) is 0 Å². The molecule has 12 unspecified atom stereocenters. The Morgan fingerprint density at radius 1 is 0.423 bits per heavy atom. The maximum Gasteiger partial charge on any atom is 0.449 e. The molecule has 0 bridgehead atoms. The van der Waals surface area contributed by atoms with Crippen LogP contribution in [-0.2, 0) is 57.1 Å². The number of aliphatic hydroxyl groups is 4. The summed E-state index contributed by atoms with van der Waals surface area (Å²) in [7, 11) is 0. The van der Waals surface area contributed by atoms with Crippen LogP contribution in [-0.4, -0.2) is 188 Å². The molecule has 16 nitrogen and oxygen atoms in total. The molecule has 5 fully saturated rings. The van der Waals surface area contributed by atoms with E-state index < -0.39 is 205 Å². The van der Waals surface area contributed by atoms with Crippen LogP contribution in [0.4, 0.5) is 140 Å². The van der Waals surface area contributed by atoms with Crippen LogP contribution in [0.1, 0.15) is 78.1 Å². The van der Waals surface area contributed by atoms with Gasteiger partial charge in [0.1, 0.15) is 0 Å². The minimum Gasteiger partial charge on any atom is -0.452 e. The van der Waals surface area contributed by atoms with Crippen molar-refractivity contribution in [2.45, 2.75) is 222 Å². The van der Waals surface area contributed by atoms with Gasteiger partial charge in [0.15, 0.2) is 47.3 Å². The molecule has 1 saturated carbocycles. The molecule has 48 heteroatoms. The molecular formula is C49H48F32O16. The molecule has 4 N–H and O–H groups in total. The van der Waals surface area contributed by atoms with Gasteiger partial charge < -0.3 is 58.3 Å². The summed E-state index contributed by atoms with van der Waals surface area (Å²) in [5, 5.41) is 37.2. The molecule has 0 aromatic heterocycles. The fourth-order valence-corrected chi connectivity index (χ4v) is 9.47. The van der Waals surface area contributed by atoms with Gasteiger partial charge in [-0.05, 0) is 32.1 Å². The maximum absolute atomic E-state index is 14.4. The second-order valence-electron chi connectivity index (χ2n) is 21.2. The summed E-state index contributed by atoms with van der Waals surface area (Å²) in [6.07, 6.45) is -70.7. The van der Waals surface area contributed by atoms with Gasteiger partial charge in [0.05, 0.1) is 0 Å². The highest BCUT2D eigenvalue weighted by Gasteiger charge is 2.86. The van der Waals surface area contributed by atoms with Crippen molar-refractivity contribution in [3.8, 4) is 0 Å². The summed E-state index contributed by atoms with van der Waals surface area (Å²) in [5.74, 6) is -51.9. The third-order valence-corrected chi connectivity index (χ3v) is 14.8. The van der Waals surface area contributed by atoms with E-state index in [0.29, 0.717) is 12.5 Å². The third kappa shape index (κ3) is 16.5. The maximum atomic E-state index is 14.4. The average molecular weight is 1500 g/mol. The van der Waals surface area contributed by atoms with Crippen LogP contribution >= 0.6 is 0 Å². The average Bonchev–Trinajstić information content (AvgIpc) is 0.720. The summed E-state index contributed by atoms with van der Waals surface area (Å²) in [6.45, 7) is 12.0. The van der Waals surface area contributed by atoms with Crippen molar-refractivity contribution in [2.24, 2.45) is 5.92 Å². The van der Waals surface area contributed by atoms with Crippen LogP contribution in [0.3, 0.4) is 0 Å². The Morgan fingerprint density at radius 2 is 0.732 bits per heavy atom. The van der Waals surface area contributed by atoms with E-state index in [-0.39, 0.29) is 50.8 Å². The van der Waals surface area contributed by atoms with E-state index in [2.05, 4.69) is 64.2 Å². The molecule has 5 rings (SSSR count). The summed E-state index contributed by atoms with van der Waals surface area (Å²) < 4.78 is 454. The number of carbonyl (C=O) groups excluding carboxylic acids is 4. The molecular weight excluding hydrogens is 1450 g/mol. The Balaban J connectivity index is 0.000000442. The van der Waals surface area contributed by atoms with Crippen LogP contribution in [0, 0.1) is 5.92 Å². The van der Waals surface area contributed by atoms with Gasteiger partial charge in [-0.2, -0.15) is 140 Å². The molecule has 4 heterocycles. The SMILES string of the molecule is C=CC(=O)OC1CC(C(F)(F)F)OC(O)(C(F)(F)F)C1(F)F.C=CC(=O)OC1CC(C)(C(F)(F)F)OC(O)(C(F)(F)F)C1(F)F.C=CC(=O)OC1CC(C2CCCCC2)(C(F)(F)F)OC(O)(C(F)(F)F)C1(F)F.C=CC(=O)OC1CC(CC)(C(F)(F)F)OC(O)(C(F)(F)F)C1(F)F. The molecule has 0 aromatic rings. The zero-order valence-electron chi connectivity index (χ0n) is 48.0. The lowest BCUT2D eigenvalue weighted by Crippen LogP contribution is -2.76. The number of hydrogen-bond donors (Lipinski definition) is 4. The molecule has 4 aliphatic heterocycles. The number of carbonyl (C=O) groups is 4. The van der Waals surface area contributed by atoms with E-state index >= 15 is 0 Å². The third-order valence-electron chi connectivity index (χ3n) is 14.8. The zero-order valence-corrected chi connectivity index (χ0v) is 48.0. The van der Waals surface area contributed by atoms with Gasteiger partial charge in [-0.3, -0.25) is 0 Å². The Morgan fingerprint density at radius 3 is 1.03 bits per heavy atom. The highest BCUT2D eigenvalue weighted by atomic mass is 19.4. The summed E-state index contributed by atoms with van der Waals surface area (Å²) in [4.78, 5) is 44.1. The largest absolute Gasteiger partial charge is 0.452 e.